The number of carboxylic acids is 1. The first-order valence-corrected chi connectivity index (χ1v) is 8.76. The van der Waals surface area contributed by atoms with E-state index in [1.165, 1.54) is 13.8 Å². The summed E-state index contributed by atoms with van der Waals surface area (Å²) in [5, 5.41) is 14.8. The van der Waals surface area contributed by atoms with Crippen molar-refractivity contribution >= 4 is 17.8 Å². The van der Waals surface area contributed by atoms with Gasteiger partial charge < -0.3 is 20.5 Å². The normalized spacial score (nSPS) is 14.0. The topological polar surface area (TPSA) is 105 Å². The highest BCUT2D eigenvalue weighted by Gasteiger charge is 2.34. The van der Waals surface area contributed by atoms with Gasteiger partial charge in [-0.2, -0.15) is 0 Å². The number of carboxylic acid groups (broad SMARTS) is 1. The van der Waals surface area contributed by atoms with E-state index >= 15 is 0 Å². The molecule has 7 nitrogen and oxygen atoms in total. The van der Waals surface area contributed by atoms with Gasteiger partial charge in [0.2, 0.25) is 11.8 Å². The van der Waals surface area contributed by atoms with Gasteiger partial charge in [-0.1, -0.05) is 31.5 Å². The van der Waals surface area contributed by atoms with Crippen molar-refractivity contribution in [1.82, 2.24) is 10.6 Å². The molecule has 0 radical (unpaired) electrons. The zero-order chi connectivity index (χ0) is 19.7. The van der Waals surface area contributed by atoms with E-state index in [2.05, 4.69) is 10.6 Å². The highest BCUT2D eigenvalue weighted by atomic mass is 16.5. The molecular weight excluding hydrogens is 336 g/mol. The fourth-order valence-corrected chi connectivity index (χ4v) is 2.81. The molecule has 0 aromatic heterocycles. The Kier molecular flexibility index (Phi) is 8.09. The van der Waals surface area contributed by atoms with Crippen molar-refractivity contribution in [3.63, 3.8) is 0 Å². The molecule has 0 fully saturated rings. The van der Waals surface area contributed by atoms with Crippen molar-refractivity contribution in [2.75, 3.05) is 6.61 Å². The number of carbonyl (C=O) groups is 3. The van der Waals surface area contributed by atoms with Gasteiger partial charge >= 0.3 is 5.97 Å². The Hall–Kier alpha value is -2.57. The number of ether oxygens (including phenoxy) is 1. The van der Waals surface area contributed by atoms with Gasteiger partial charge in [-0.3, -0.25) is 9.59 Å². The predicted octanol–water partition coefficient (Wildman–Crippen LogP) is 2.41. The SMILES string of the molecule is CCCC(C)(NC(=O)CC(NC(C)=O)c1ccccc1OCC)C(=O)O. The lowest BCUT2D eigenvalue weighted by Crippen LogP contribution is -2.52. The Morgan fingerprint density at radius 2 is 1.88 bits per heavy atom. The number of benzene rings is 1. The summed E-state index contributed by atoms with van der Waals surface area (Å²) in [5.74, 6) is -1.24. The minimum Gasteiger partial charge on any atom is -0.494 e. The molecule has 0 bridgehead atoms. The molecular formula is C19H28N2O5. The monoisotopic (exact) mass is 364 g/mol. The Labute approximate surface area is 154 Å². The van der Waals surface area contributed by atoms with Crippen LogP contribution in [0.5, 0.6) is 5.75 Å². The molecule has 0 aliphatic carbocycles. The van der Waals surface area contributed by atoms with E-state index in [1.807, 2.05) is 19.9 Å². The standard InChI is InChI=1S/C19H28N2O5/c1-5-11-19(4,18(24)25)21-17(23)12-15(20-13(3)22)14-9-7-8-10-16(14)26-6-2/h7-10,15H,5-6,11-12H2,1-4H3,(H,20,22)(H,21,23)(H,24,25). The van der Waals surface area contributed by atoms with Crippen LogP contribution in [0.2, 0.25) is 0 Å². The Balaban J connectivity index is 3.03. The fraction of sp³-hybridized carbons (Fsp3) is 0.526. The molecule has 0 aliphatic rings. The van der Waals surface area contributed by atoms with Gasteiger partial charge in [0.25, 0.3) is 0 Å². The smallest absolute Gasteiger partial charge is 0.329 e. The summed E-state index contributed by atoms with van der Waals surface area (Å²) in [6, 6.07) is 6.53. The number of rotatable bonds is 10. The summed E-state index contributed by atoms with van der Waals surface area (Å²) in [5.41, 5.74) is -0.668. The van der Waals surface area contributed by atoms with E-state index in [1.54, 1.807) is 18.2 Å². The van der Waals surface area contributed by atoms with Crippen molar-refractivity contribution in [3.8, 4) is 5.75 Å². The number of nitrogens with one attached hydrogen (secondary N) is 2. The third kappa shape index (κ3) is 6.06. The molecule has 0 saturated carbocycles. The van der Waals surface area contributed by atoms with Gasteiger partial charge in [-0.25, -0.2) is 4.79 Å². The van der Waals surface area contributed by atoms with Crippen molar-refractivity contribution in [3.05, 3.63) is 29.8 Å². The minimum atomic E-state index is -1.34. The Bertz CT molecular complexity index is 647. The zero-order valence-electron chi connectivity index (χ0n) is 15.8. The number of hydrogen-bond acceptors (Lipinski definition) is 4. The van der Waals surface area contributed by atoms with E-state index in [9.17, 15) is 19.5 Å². The minimum absolute atomic E-state index is 0.0871. The maximum Gasteiger partial charge on any atom is 0.329 e. The van der Waals surface area contributed by atoms with Gasteiger partial charge in [-0.05, 0) is 26.3 Å². The van der Waals surface area contributed by atoms with Crippen LogP contribution in [0.3, 0.4) is 0 Å². The first-order valence-electron chi connectivity index (χ1n) is 8.76. The number of amides is 2. The molecule has 0 aliphatic heterocycles. The molecule has 1 aromatic rings. The van der Waals surface area contributed by atoms with Crippen LogP contribution in [-0.2, 0) is 14.4 Å². The van der Waals surface area contributed by atoms with Crippen molar-refractivity contribution in [2.24, 2.45) is 0 Å². The lowest BCUT2D eigenvalue weighted by molar-refractivity contribution is -0.147. The Morgan fingerprint density at radius 1 is 1.23 bits per heavy atom. The molecule has 1 rings (SSSR count). The largest absolute Gasteiger partial charge is 0.494 e. The lowest BCUT2D eigenvalue weighted by atomic mass is 9.95. The van der Waals surface area contributed by atoms with Gasteiger partial charge in [0.05, 0.1) is 19.1 Å². The third-order valence-corrected chi connectivity index (χ3v) is 4.00. The van der Waals surface area contributed by atoms with Crippen LogP contribution in [0.15, 0.2) is 24.3 Å². The van der Waals surface area contributed by atoms with Crippen LogP contribution < -0.4 is 15.4 Å². The summed E-state index contributed by atoms with van der Waals surface area (Å²) in [6.07, 6.45) is 0.843. The van der Waals surface area contributed by atoms with Gasteiger partial charge in [0, 0.05) is 12.5 Å². The molecule has 26 heavy (non-hydrogen) atoms. The molecule has 3 N–H and O–H groups in total. The molecule has 2 unspecified atom stereocenters. The van der Waals surface area contributed by atoms with E-state index < -0.39 is 23.5 Å². The molecule has 0 heterocycles. The summed E-state index contributed by atoms with van der Waals surface area (Å²) in [6.45, 7) is 7.00. The van der Waals surface area contributed by atoms with Gasteiger partial charge in [0.1, 0.15) is 11.3 Å². The van der Waals surface area contributed by atoms with Gasteiger partial charge in [0.15, 0.2) is 0 Å². The van der Waals surface area contributed by atoms with Crippen molar-refractivity contribution in [2.45, 2.75) is 58.5 Å². The summed E-state index contributed by atoms with van der Waals surface area (Å²) >= 11 is 0. The molecule has 2 amide bonds. The first kappa shape index (κ1) is 21.5. The van der Waals surface area contributed by atoms with Crippen LogP contribution in [0, 0.1) is 0 Å². The zero-order valence-corrected chi connectivity index (χ0v) is 15.8. The third-order valence-electron chi connectivity index (χ3n) is 4.00. The maximum atomic E-state index is 12.5. The highest BCUT2D eigenvalue weighted by Crippen LogP contribution is 2.28. The lowest BCUT2D eigenvalue weighted by Gasteiger charge is -2.27. The molecule has 7 heteroatoms. The van der Waals surface area contributed by atoms with Crippen molar-refractivity contribution in [1.29, 1.82) is 0 Å². The van der Waals surface area contributed by atoms with Crippen LogP contribution in [0.25, 0.3) is 0 Å². The molecule has 0 saturated heterocycles. The molecule has 144 valence electrons. The number of para-hydroxylation sites is 1. The average Bonchev–Trinajstić information content (AvgIpc) is 2.54. The quantitative estimate of drug-likeness (QED) is 0.591. The highest BCUT2D eigenvalue weighted by molar-refractivity contribution is 5.87. The van der Waals surface area contributed by atoms with E-state index in [0.29, 0.717) is 30.8 Å². The van der Waals surface area contributed by atoms with Crippen molar-refractivity contribution < 1.29 is 24.2 Å². The number of aliphatic carboxylic acids is 1. The summed E-state index contributed by atoms with van der Waals surface area (Å²) in [7, 11) is 0. The number of hydrogen-bond donors (Lipinski definition) is 3. The number of carbonyl (C=O) groups excluding carboxylic acids is 2. The molecule has 1 aromatic carbocycles. The first-order chi connectivity index (χ1) is 12.2. The second-order valence-electron chi connectivity index (χ2n) is 6.36. The van der Waals surface area contributed by atoms with Crippen LogP contribution in [0.4, 0.5) is 0 Å². The Morgan fingerprint density at radius 3 is 2.42 bits per heavy atom. The summed E-state index contributed by atoms with van der Waals surface area (Å²) < 4.78 is 5.58. The van der Waals surface area contributed by atoms with E-state index in [4.69, 9.17) is 4.74 Å². The predicted molar refractivity (Wildman–Crippen MR) is 97.9 cm³/mol. The second-order valence-corrected chi connectivity index (χ2v) is 6.36. The van der Waals surface area contributed by atoms with E-state index in [-0.39, 0.29) is 12.3 Å². The van der Waals surface area contributed by atoms with E-state index in [0.717, 1.165) is 0 Å². The molecule has 2 atom stereocenters. The summed E-state index contributed by atoms with van der Waals surface area (Å²) in [4.78, 5) is 35.6. The maximum absolute atomic E-state index is 12.5. The van der Waals surface area contributed by atoms with Crippen LogP contribution in [0.1, 0.15) is 58.6 Å². The van der Waals surface area contributed by atoms with Crippen LogP contribution >= 0.6 is 0 Å². The van der Waals surface area contributed by atoms with Gasteiger partial charge in [-0.15, -0.1) is 0 Å². The molecule has 0 spiro atoms. The fourth-order valence-electron chi connectivity index (χ4n) is 2.81. The second kappa shape index (κ2) is 9.79. The average molecular weight is 364 g/mol. The van der Waals surface area contributed by atoms with Crippen LogP contribution in [-0.4, -0.2) is 35.0 Å².